The summed E-state index contributed by atoms with van der Waals surface area (Å²) in [7, 11) is 1.35. The van der Waals surface area contributed by atoms with Gasteiger partial charge >= 0.3 is 5.97 Å². The zero-order valence-corrected chi connectivity index (χ0v) is 14.4. The van der Waals surface area contributed by atoms with Gasteiger partial charge in [0.15, 0.2) is 0 Å². The lowest BCUT2D eigenvalue weighted by molar-refractivity contribution is -0.122. The Kier molecular flexibility index (Phi) is 7.16. The van der Waals surface area contributed by atoms with Crippen molar-refractivity contribution >= 4 is 11.9 Å². The number of carbonyl (C=O) groups excluding carboxylic acids is 2. The summed E-state index contributed by atoms with van der Waals surface area (Å²) in [6.45, 7) is 0.509. The van der Waals surface area contributed by atoms with Gasteiger partial charge in [-0.25, -0.2) is 4.79 Å². The molecule has 25 heavy (non-hydrogen) atoms. The van der Waals surface area contributed by atoms with Gasteiger partial charge in [-0.15, -0.1) is 0 Å². The fourth-order valence-electron chi connectivity index (χ4n) is 2.48. The molecule has 1 atom stereocenters. The summed E-state index contributed by atoms with van der Waals surface area (Å²) in [5.41, 5.74) is 8.67. The molecule has 2 aromatic rings. The summed E-state index contributed by atoms with van der Waals surface area (Å²) >= 11 is 0. The Morgan fingerprint density at radius 3 is 2.28 bits per heavy atom. The number of benzene rings is 2. The highest BCUT2D eigenvalue weighted by Gasteiger charge is 2.12. The van der Waals surface area contributed by atoms with Crippen LogP contribution in [-0.4, -0.2) is 31.6 Å². The van der Waals surface area contributed by atoms with Crippen LogP contribution in [0.4, 0.5) is 0 Å². The molecular weight excluding hydrogens is 316 g/mol. The molecule has 0 aliphatic rings. The number of hydrogen-bond acceptors (Lipinski definition) is 4. The second kappa shape index (κ2) is 9.59. The predicted molar refractivity (Wildman–Crippen MR) is 97.2 cm³/mol. The lowest BCUT2D eigenvalue weighted by Gasteiger charge is -2.12. The molecule has 5 heteroatoms. The number of amides is 1. The molecule has 0 bridgehead atoms. The molecule has 1 amide bonds. The van der Waals surface area contributed by atoms with Crippen molar-refractivity contribution in [3.05, 3.63) is 71.3 Å². The lowest BCUT2D eigenvalue weighted by Crippen LogP contribution is -2.41. The summed E-state index contributed by atoms with van der Waals surface area (Å²) in [5.74, 6) is -0.494. The third-order valence-corrected chi connectivity index (χ3v) is 4.01. The minimum atomic E-state index is -0.512. The van der Waals surface area contributed by atoms with Gasteiger partial charge in [0, 0.05) is 6.54 Å². The molecule has 0 aromatic heterocycles. The predicted octanol–water partition coefficient (Wildman–Crippen LogP) is 2.09. The van der Waals surface area contributed by atoms with Gasteiger partial charge in [0.2, 0.25) is 5.91 Å². The highest BCUT2D eigenvalue weighted by Crippen LogP contribution is 2.07. The van der Waals surface area contributed by atoms with Crippen molar-refractivity contribution in [2.75, 3.05) is 13.7 Å². The van der Waals surface area contributed by atoms with Gasteiger partial charge < -0.3 is 15.8 Å². The van der Waals surface area contributed by atoms with Gasteiger partial charge in [-0.2, -0.15) is 0 Å². The monoisotopic (exact) mass is 340 g/mol. The number of nitrogens with two attached hydrogens (primary N) is 1. The maximum Gasteiger partial charge on any atom is 0.337 e. The average Bonchev–Trinajstić information content (AvgIpc) is 2.66. The minimum Gasteiger partial charge on any atom is -0.465 e. The molecule has 3 N–H and O–H groups in total. The number of methoxy groups -OCH3 is 1. The molecule has 0 heterocycles. The van der Waals surface area contributed by atoms with Crippen molar-refractivity contribution in [3.63, 3.8) is 0 Å². The van der Waals surface area contributed by atoms with Crippen LogP contribution in [0.25, 0.3) is 0 Å². The van der Waals surface area contributed by atoms with Gasteiger partial charge in [0.05, 0.1) is 18.7 Å². The number of hydrogen-bond donors (Lipinski definition) is 2. The molecular formula is C20H24N2O3. The van der Waals surface area contributed by atoms with E-state index in [0.29, 0.717) is 24.9 Å². The molecule has 0 unspecified atom stereocenters. The van der Waals surface area contributed by atoms with Crippen LogP contribution >= 0.6 is 0 Å². The zero-order valence-electron chi connectivity index (χ0n) is 14.4. The summed E-state index contributed by atoms with van der Waals surface area (Å²) in [4.78, 5) is 23.4. The molecule has 0 radical (unpaired) electrons. The first-order valence-corrected chi connectivity index (χ1v) is 8.34. The number of esters is 1. The molecule has 0 aliphatic heterocycles. The summed E-state index contributed by atoms with van der Waals surface area (Å²) in [5, 5.41) is 2.86. The number of rotatable bonds is 8. The highest BCUT2D eigenvalue weighted by atomic mass is 16.5. The van der Waals surface area contributed by atoms with E-state index in [1.165, 1.54) is 12.7 Å². The van der Waals surface area contributed by atoms with Crippen LogP contribution in [-0.2, 0) is 22.4 Å². The summed E-state index contributed by atoms with van der Waals surface area (Å²) < 4.78 is 4.66. The fourth-order valence-corrected chi connectivity index (χ4v) is 2.48. The number of nitrogens with one attached hydrogen (secondary N) is 1. The van der Waals surface area contributed by atoms with E-state index in [1.54, 1.807) is 12.1 Å². The Morgan fingerprint density at radius 1 is 1.00 bits per heavy atom. The van der Waals surface area contributed by atoms with Gasteiger partial charge in [-0.1, -0.05) is 42.5 Å². The molecule has 5 nitrogen and oxygen atoms in total. The lowest BCUT2D eigenvalue weighted by atomic mass is 10.1. The molecule has 0 aliphatic carbocycles. The van der Waals surface area contributed by atoms with E-state index in [4.69, 9.17) is 5.73 Å². The van der Waals surface area contributed by atoms with E-state index < -0.39 is 6.04 Å². The van der Waals surface area contributed by atoms with Crippen molar-refractivity contribution in [2.45, 2.75) is 25.3 Å². The van der Waals surface area contributed by atoms with Gasteiger partial charge in [0.1, 0.15) is 0 Å². The van der Waals surface area contributed by atoms with Crippen LogP contribution in [0.3, 0.4) is 0 Å². The first-order valence-electron chi connectivity index (χ1n) is 8.34. The molecule has 132 valence electrons. The van der Waals surface area contributed by atoms with Crippen molar-refractivity contribution in [1.82, 2.24) is 5.32 Å². The van der Waals surface area contributed by atoms with Crippen molar-refractivity contribution in [1.29, 1.82) is 0 Å². The van der Waals surface area contributed by atoms with Crippen molar-refractivity contribution < 1.29 is 14.3 Å². The number of ether oxygens (including phenoxy) is 1. The van der Waals surface area contributed by atoms with E-state index in [2.05, 4.69) is 10.1 Å². The maximum absolute atomic E-state index is 12.0. The van der Waals surface area contributed by atoms with Crippen LogP contribution in [0.2, 0.25) is 0 Å². The quantitative estimate of drug-likeness (QED) is 0.721. The van der Waals surface area contributed by atoms with Crippen LogP contribution in [0, 0.1) is 0 Å². The van der Waals surface area contributed by atoms with Crippen LogP contribution in [0.5, 0.6) is 0 Å². The molecule has 0 saturated carbocycles. The summed E-state index contributed by atoms with van der Waals surface area (Å²) in [6.07, 6.45) is 2.08. The Hall–Kier alpha value is -2.66. The molecule has 0 spiro atoms. The highest BCUT2D eigenvalue weighted by molar-refractivity contribution is 5.89. The Labute approximate surface area is 148 Å². The van der Waals surface area contributed by atoms with Gasteiger partial charge in [0.25, 0.3) is 0 Å². The van der Waals surface area contributed by atoms with E-state index in [9.17, 15) is 9.59 Å². The Morgan fingerprint density at radius 2 is 1.64 bits per heavy atom. The largest absolute Gasteiger partial charge is 0.465 e. The van der Waals surface area contributed by atoms with E-state index in [-0.39, 0.29) is 11.9 Å². The topological polar surface area (TPSA) is 81.4 Å². The van der Waals surface area contributed by atoms with Crippen LogP contribution in [0.1, 0.15) is 27.9 Å². The normalized spacial score (nSPS) is 11.6. The van der Waals surface area contributed by atoms with Crippen LogP contribution < -0.4 is 11.1 Å². The van der Waals surface area contributed by atoms with E-state index in [0.717, 1.165) is 12.0 Å². The van der Waals surface area contributed by atoms with Gasteiger partial charge in [-0.3, -0.25) is 4.79 Å². The number of aryl methyl sites for hydroxylation is 1. The number of carbonyl (C=O) groups is 2. The smallest absolute Gasteiger partial charge is 0.337 e. The second-order valence-electron chi connectivity index (χ2n) is 5.86. The third kappa shape index (κ3) is 6.04. The van der Waals surface area contributed by atoms with Crippen molar-refractivity contribution in [3.8, 4) is 0 Å². The van der Waals surface area contributed by atoms with E-state index in [1.807, 2.05) is 42.5 Å². The third-order valence-electron chi connectivity index (χ3n) is 4.01. The minimum absolute atomic E-state index is 0.137. The first-order chi connectivity index (χ1) is 12.1. The molecule has 0 fully saturated rings. The maximum atomic E-state index is 12.0. The molecule has 0 saturated heterocycles. The Bertz CT molecular complexity index is 684. The molecule has 2 aromatic carbocycles. The first kappa shape index (κ1) is 18.7. The molecule has 2 rings (SSSR count). The average molecular weight is 340 g/mol. The standard InChI is InChI=1S/C20H24N2O3/c1-25-20(24)17-10-7-16(8-11-17)13-14-22-19(23)18(21)12-9-15-5-3-2-4-6-15/h2-8,10-11,18H,9,12-14,21H2,1H3,(H,22,23)/t18-/m0/s1. The fraction of sp³-hybridized carbons (Fsp3) is 0.300. The van der Waals surface area contributed by atoms with Crippen LogP contribution in [0.15, 0.2) is 54.6 Å². The Balaban J connectivity index is 1.71. The van der Waals surface area contributed by atoms with Crippen molar-refractivity contribution in [2.24, 2.45) is 5.73 Å². The van der Waals surface area contributed by atoms with Gasteiger partial charge in [-0.05, 0) is 42.5 Å². The van der Waals surface area contributed by atoms with E-state index >= 15 is 0 Å². The zero-order chi connectivity index (χ0) is 18.1. The SMILES string of the molecule is COC(=O)c1ccc(CCNC(=O)[C@@H](N)CCc2ccccc2)cc1. The second-order valence-corrected chi connectivity index (χ2v) is 5.86. The summed E-state index contributed by atoms with van der Waals surface area (Å²) in [6, 6.07) is 16.6.